The van der Waals surface area contributed by atoms with E-state index in [1.165, 1.54) is 6.92 Å². The van der Waals surface area contributed by atoms with Crippen LogP contribution in [0.5, 0.6) is 0 Å². The predicted molar refractivity (Wildman–Crippen MR) is 100 cm³/mol. The van der Waals surface area contributed by atoms with Crippen molar-refractivity contribution in [2.45, 2.75) is 71.6 Å². The van der Waals surface area contributed by atoms with Crippen molar-refractivity contribution in [3.8, 4) is 0 Å². The van der Waals surface area contributed by atoms with Crippen LogP contribution in [0.3, 0.4) is 0 Å². The van der Waals surface area contributed by atoms with E-state index in [1.807, 2.05) is 41.5 Å². The number of hydrogen-bond donors (Lipinski definition) is 1. The third-order valence-electron chi connectivity index (χ3n) is 4.69. The first-order valence-corrected chi connectivity index (χ1v) is 9.45. The molecule has 0 saturated carbocycles. The van der Waals surface area contributed by atoms with E-state index in [9.17, 15) is 14.4 Å². The van der Waals surface area contributed by atoms with Crippen LogP contribution in [-0.2, 0) is 14.3 Å². The third kappa shape index (κ3) is 5.49. The number of nitrogens with zero attached hydrogens (tertiary/aromatic N) is 2. The van der Waals surface area contributed by atoms with Gasteiger partial charge in [-0.15, -0.1) is 0 Å². The summed E-state index contributed by atoms with van der Waals surface area (Å²) in [6.07, 6.45) is -0.199. The Hall–Kier alpha value is -1.99. The van der Waals surface area contributed by atoms with Crippen LogP contribution >= 0.6 is 0 Å². The lowest BCUT2D eigenvalue weighted by Crippen LogP contribution is -2.61. The van der Waals surface area contributed by atoms with Gasteiger partial charge in [0.2, 0.25) is 5.91 Å². The van der Waals surface area contributed by atoms with Gasteiger partial charge in [-0.1, -0.05) is 0 Å². The third-order valence-corrected chi connectivity index (χ3v) is 4.69. The fourth-order valence-electron chi connectivity index (χ4n) is 3.69. The van der Waals surface area contributed by atoms with Crippen molar-refractivity contribution in [1.82, 2.24) is 15.1 Å². The molecule has 8 heteroatoms. The molecule has 0 bridgehead atoms. The van der Waals surface area contributed by atoms with Gasteiger partial charge >= 0.3 is 12.2 Å². The Labute approximate surface area is 161 Å². The summed E-state index contributed by atoms with van der Waals surface area (Å²) in [6.45, 7) is 14.1. The van der Waals surface area contributed by atoms with Gasteiger partial charge in [-0.2, -0.15) is 0 Å². The highest BCUT2D eigenvalue weighted by atomic mass is 16.6. The number of hydrogen-bond acceptors (Lipinski definition) is 5. The molecule has 2 aliphatic rings. The molecule has 0 aromatic rings. The molecule has 8 nitrogen and oxygen atoms in total. The molecule has 0 aromatic carbocycles. The zero-order chi connectivity index (χ0) is 20.6. The van der Waals surface area contributed by atoms with Gasteiger partial charge in [0.05, 0.1) is 5.54 Å². The first-order chi connectivity index (χ1) is 12.2. The summed E-state index contributed by atoms with van der Waals surface area (Å²) >= 11 is 0. The van der Waals surface area contributed by atoms with Gasteiger partial charge in [-0.3, -0.25) is 4.79 Å². The van der Waals surface area contributed by atoms with E-state index >= 15 is 0 Å². The molecule has 154 valence electrons. The number of piperidine rings is 1. The van der Waals surface area contributed by atoms with E-state index in [-0.39, 0.29) is 17.9 Å². The predicted octanol–water partition coefficient (Wildman–Crippen LogP) is 2.37. The SMILES string of the molecule is CC(=O)N[C@@]12CCN(C(=O)OC(C)(C)C)C[C@@H]1CN(C(=O)OC(C)(C)C)C2. The first kappa shape index (κ1) is 21.3. The lowest BCUT2D eigenvalue weighted by molar-refractivity contribution is -0.121. The minimum absolute atomic E-state index is 0.0739. The molecular formula is C19H33N3O5. The fraction of sp³-hybridized carbons (Fsp3) is 0.842. The van der Waals surface area contributed by atoms with Crippen LogP contribution in [-0.4, -0.2) is 70.8 Å². The Balaban J connectivity index is 2.14. The molecule has 0 aliphatic carbocycles. The molecule has 2 atom stereocenters. The maximum Gasteiger partial charge on any atom is 0.410 e. The van der Waals surface area contributed by atoms with Crippen molar-refractivity contribution in [3.05, 3.63) is 0 Å². The van der Waals surface area contributed by atoms with Gasteiger partial charge in [-0.05, 0) is 48.0 Å². The second kappa shape index (κ2) is 7.20. The van der Waals surface area contributed by atoms with Crippen LogP contribution in [0.15, 0.2) is 0 Å². The lowest BCUT2D eigenvalue weighted by atomic mass is 9.80. The second-order valence-corrected chi connectivity index (χ2v) is 9.57. The zero-order valence-corrected chi connectivity index (χ0v) is 17.5. The Morgan fingerprint density at radius 2 is 1.41 bits per heavy atom. The lowest BCUT2D eigenvalue weighted by Gasteiger charge is -2.43. The molecule has 0 unspecified atom stereocenters. The molecule has 2 aliphatic heterocycles. The average molecular weight is 383 g/mol. The molecule has 2 saturated heterocycles. The van der Waals surface area contributed by atoms with Crippen LogP contribution in [0.4, 0.5) is 9.59 Å². The van der Waals surface area contributed by atoms with E-state index < -0.39 is 22.8 Å². The van der Waals surface area contributed by atoms with Gasteiger partial charge in [0.1, 0.15) is 11.2 Å². The van der Waals surface area contributed by atoms with Crippen LogP contribution in [0, 0.1) is 5.92 Å². The summed E-state index contributed by atoms with van der Waals surface area (Å²) in [4.78, 5) is 40.1. The Bertz CT molecular complexity index is 607. The number of nitrogens with one attached hydrogen (secondary N) is 1. The zero-order valence-electron chi connectivity index (χ0n) is 17.5. The van der Waals surface area contributed by atoms with E-state index in [0.717, 1.165) is 0 Å². The maximum atomic E-state index is 12.5. The van der Waals surface area contributed by atoms with Crippen molar-refractivity contribution < 1.29 is 23.9 Å². The van der Waals surface area contributed by atoms with Gasteiger partial charge in [0.25, 0.3) is 0 Å². The Kier molecular flexibility index (Phi) is 5.69. The fourth-order valence-corrected chi connectivity index (χ4v) is 3.69. The van der Waals surface area contributed by atoms with Crippen LogP contribution < -0.4 is 5.32 Å². The molecule has 3 amide bonds. The number of amides is 3. The highest BCUT2D eigenvalue weighted by molar-refractivity contribution is 5.75. The van der Waals surface area contributed by atoms with Crippen molar-refractivity contribution in [2.24, 2.45) is 5.92 Å². The number of carbonyl (C=O) groups excluding carboxylic acids is 3. The summed E-state index contributed by atoms with van der Waals surface area (Å²) in [5.41, 5.74) is -1.70. The molecule has 0 aromatic heterocycles. The van der Waals surface area contributed by atoms with Crippen LogP contribution in [0.1, 0.15) is 54.9 Å². The molecule has 2 rings (SSSR count). The highest BCUT2D eigenvalue weighted by Gasteiger charge is 2.52. The van der Waals surface area contributed by atoms with E-state index in [2.05, 4.69) is 5.32 Å². The number of carbonyl (C=O) groups is 3. The van der Waals surface area contributed by atoms with Crippen LogP contribution in [0.25, 0.3) is 0 Å². The highest BCUT2D eigenvalue weighted by Crippen LogP contribution is 2.36. The average Bonchev–Trinajstić information content (AvgIpc) is 2.80. The van der Waals surface area contributed by atoms with Gasteiger partial charge in [0, 0.05) is 39.0 Å². The van der Waals surface area contributed by atoms with Crippen molar-refractivity contribution in [3.63, 3.8) is 0 Å². The molecule has 0 spiro atoms. The molecular weight excluding hydrogens is 350 g/mol. The number of likely N-dealkylation sites (tertiary alicyclic amines) is 2. The normalized spacial score (nSPS) is 25.7. The smallest absolute Gasteiger partial charge is 0.410 e. The van der Waals surface area contributed by atoms with E-state index in [0.29, 0.717) is 32.6 Å². The van der Waals surface area contributed by atoms with Gasteiger partial charge < -0.3 is 24.6 Å². The summed E-state index contributed by atoms with van der Waals surface area (Å²) in [5, 5.41) is 3.05. The van der Waals surface area contributed by atoms with Gasteiger partial charge in [-0.25, -0.2) is 9.59 Å². The molecule has 1 N–H and O–H groups in total. The first-order valence-electron chi connectivity index (χ1n) is 9.45. The summed E-state index contributed by atoms with van der Waals surface area (Å²) in [7, 11) is 0. The largest absolute Gasteiger partial charge is 0.444 e. The molecule has 0 radical (unpaired) electrons. The van der Waals surface area contributed by atoms with E-state index in [1.54, 1.807) is 9.80 Å². The molecule has 27 heavy (non-hydrogen) atoms. The van der Waals surface area contributed by atoms with Crippen molar-refractivity contribution in [1.29, 1.82) is 0 Å². The quantitative estimate of drug-likeness (QED) is 0.751. The number of rotatable bonds is 1. The summed E-state index contributed by atoms with van der Waals surface area (Å²) in [6, 6.07) is 0. The Morgan fingerprint density at radius 1 is 0.926 bits per heavy atom. The number of ether oxygens (including phenoxy) is 2. The van der Waals surface area contributed by atoms with E-state index in [4.69, 9.17) is 9.47 Å². The standard InChI is InChI=1S/C19H33N3O5/c1-13(23)20-19-8-9-21(15(24)26-17(2,3)4)10-14(19)11-22(12-19)16(25)27-18(5,6)7/h14H,8-12H2,1-7H3,(H,20,23)/t14-,19-/m1/s1. The molecule has 2 fully saturated rings. The Morgan fingerprint density at radius 3 is 1.89 bits per heavy atom. The van der Waals surface area contributed by atoms with Crippen LogP contribution in [0.2, 0.25) is 0 Å². The van der Waals surface area contributed by atoms with Gasteiger partial charge in [0.15, 0.2) is 0 Å². The molecule has 2 heterocycles. The second-order valence-electron chi connectivity index (χ2n) is 9.57. The van der Waals surface area contributed by atoms with Crippen molar-refractivity contribution >= 4 is 18.1 Å². The minimum Gasteiger partial charge on any atom is -0.444 e. The van der Waals surface area contributed by atoms with Crippen molar-refractivity contribution in [2.75, 3.05) is 26.2 Å². The monoisotopic (exact) mass is 383 g/mol. The maximum absolute atomic E-state index is 12.5. The summed E-state index contributed by atoms with van der Waals surface area (Å²) < 4.78 is 11.0. The topological polar surface area (TPSA) is 88.2 Å². The summed E-state index contributed by atoms with van der Waals surface area (Å²) in [5.74, 6) is -0.216. The minimum atomic E-state index is -0.589. The number of fused-ring (bicyclic) bond motifs is 1.